The van der Waals surface area contributed by atoms with Crippen LogP contribution in [0.15, 0.2) is 37.1 Å². The van der Waals surface area contributed by atoms with Crippen molar-refractivity contribution in [3.05, 3.63) is 42.1 Å². The summed E-state index contributed by atoms with van der Waals surface area (Å²) in [7, 11) is 0. The van der Waals surface area contributed by atoms with Crippen molar-refractivity contribution in [2.45, 2.75) is 43.0 Å². The highest BCUT2D eigenvalue weighted by Gasteiger charge is 2.48. The molecule has 4 aliphatic rings. The van der Waals surface area contributed by atoms with Gasteiger partial charge in [0.05, 0.1) is 49.5 Å². The molecule has 0 spiro atoms. The van der Waals surface area contributed by atoms with E-state index in [-0.39, 0.29) is 48.1 Å². The number of fused-ring (bicyclic) bond motifs is 3. The fourth-order valence-electron chi connectivity index (χ4n) is 5.15. The highest BCUT2D eigenvalue weighted by Crippen LogP contribution is 2.38. The molecule has 0 radical (unpaired) electrons. The Morgan fingerprint density at radius 3 is 2.89 bits per heavy atom. The molecule has 0 unspecified atom stereocenters. The molecule has 1 amide bonds. The zero-order chi connectivity index (χ0) is 24.8. The molecular formula is C24H26ClN5O6. The monoisotopic (exact) mass is 515 g/mol. The first-order valence-electron chi connectivity index (χ1n) is 11.8. The van der Waals surface area contributed by atoms with E-state index in [1.807, 2.05) is 18.2 Å². The number of aliphatic hydroxyl groups excluding tert-OH is 1. The fourth-order valence-corrected chi connectivity index (χ4v) is 5.29. The van der Waals surface area contributed by atoms with Gasteiger partial charge >= 0.3 is 0 Å². The predicted molar refractivity (Wildman–Crippen MR) is 131 cm³/mol. The van der Waals surface area contributed by atoms with Gasteiger partial charge in [-0.25, -0.2) is 4.98 Å². The van der Waals surface area contributed by atoms with Crippen molar-refractivity contribution in [1.29, 1.82) is 0 Å². The lowest BCUT2D eigenvalue weighted by Gasteiger charge is -2.31. The average Bonchev–Trinajstić information content (AvgIpc) is 3.66. The normalized spacial score (nSPS) is 30.3. The van der Waals surface area contributed by atoms with Gasteiger partial charge in [-0.15, -0.1) is 0 Å². The Morgan fingerprint density at radius 2 is 2.11 bits per heavy atom. The number of anilines is 4. The lowest BCUT2D eigenvalue weighted by atomic mass is 10.1. The molecule has 1 aromatic heterocycles. The van der Waals surface area contributed by atoms with Crippen LogP contribution in [0.1, 0.15) is 6.42 Å². The minimum absolute atomic E-state index is 0.179. The highest BCUT2D eigenvalue weighted by atomic mass is 35.5. The number of carbonyl (C=O) groups excluding carboxylic acids is 1. The number of halogens is 1. The lowest BCUT2D eigenvalue weighted by Crippen LogP contribution is -2.37. The van der Waals surface area contributed by atoms with Crippen LogP contribution in [-0.2, 0) is 19.0 Å². The lowest BCUT2D eigenvalue weighted by molar-refractivity contribution is -0.111. The fraction of sp³-hybridized carbons (Fsp3) is 0.458. The van der Waals surface area contributed by atoms with Gasteiger partial charge in [-0.05, 0) is 30.7 Å². The number of carbonyl (C=O) groups is 1. The molecule has 2 aromatic rings. The van der Waals surface area contributed by atoms with Crippen LogP contribution in [0, 0.1) is 0 Å². The number of amides is 1. The van der Waals surface area contributed by atoms with E-state index in [9.17, 15) is 9.90 Å². The van der Waals surface area contributed by atoms with Gasteiger partial charge in [0.25, 0.3) is 0 Å². The number of hydrogen-bond acceptors (Lipinski definition) is 10. The molecule has 36 heavy (non-hydrogen) atoms. The topological polar surface area (TPSA) is 127 Å². The van der Waals surface area contributed by atoms with Crippen molar-refractivity contribution in [1.82, 2.24) is 9.97 Å². The van der Waals surface area contributed by atoms with E-state index >= 15 is 0 Å². The summed E-state index contributed by atoms with van der Waals surface area (Å²) in [5.74, 6) is 0.140. The van der Waals surface area contributed by atoms with Gasteiger partial charge in [0.2, 0.25) is 17.7 Å². The van der Waals surface area contributed by atoms with Crippen LogP contribution in [-0.4, -0.2) is 83.9 Å². The summed E-state index contributed by atoms with van der Waals surface area (Å²) in [6.07, 6.45) is 1.93. The van der Waals surface area contributed by atoms with E-state index < -0.39 is 24.4 Å². The summed E-state index contributed by atoms with van der Waals surface area (Å²) in [5.41, 5.74) is 2.23. The van der Waals surface area contributed by atoms with Crippen molar-refractivity contribution in [3.63, 3.8) is 0 Å². The third-order valence-electron chi connectivity index (χ3n) is 6.86. The van der Waals surface area contributed by atoms with Crippen LogP contribution in [0.2, 0.25) is 5.02 Å². The van der Waals surface area contributed by atoms with Crippen LogP contribution in [0.5, 0.6) is 5.88 Å². The highest BCUT2D eigenvalue weighted by molar-refractivity contribution is 6.31. The summed E-state index contributed by atoms with van der Waals surface area (Å²) in [4.78, 5) is 23.1. The van der Waals surface area contributed by atoms with Gasteiger partial charge in [-0.1, -0.05) is 18.2 Å². The van der Waals surface area contributed by atoms with Crippen molar-refractivity contribution in [2.24, 2.45) is 0 Å². The zero-order valence-corrected chi connectivity index (χ0v) is 20.1. The van der Waals surface area contributed by atoms with Crippen molar-refractivity contribution >= 4 is 40.5 Å². The summed E-state index contributed by atoms with van der Waals surface area (Å²) < 4.78 is 22.9. The number of hydrogen-bond donors (Lipinski definition) is 3. The molecule has 12 heteroatoms. The molecule has 11 nitrogen and oxygen atoms in total. The molecule has 6 atom stereocenters. The Kier molecular flexibility index (Phi) is 6.18. The molecule has 4 fully saturated rings. The minimum Gasteiger partial charge on any atom is -0.468 e. The SMILES string of the molecule is C=CC(=O)Nc1cc(Nc2ncc(Cl)c(O[C@@H]3CO[C@H]4[C@@H]3OC[C@H]4O)n2)ccc1N1C[C@@H]2C[C@H]1CO2. The Balaban J connectivity index is 1.21. The summed E-state index contributed by atoms with van der Waals surface area (Å²) in [6.45, 7) is 5.47. The van der Waals surface area contributed by atoms with Gasteiger partial charge in [0, 0.05) is 12.2 Å². The maximum atomic E-state index is 12.1. The Labute approximate surface area is 212 Å². The molecule has 4 saturated heterocycles. The van der Waals surface area contributed by atoms with E-state index in [1.54, 1.807) is 0 Å². The third-order valence-corrected chi connectivity index (χ3v) is 7.12. The van der Waals surface area contributed by atoms with Gasteiger partial charge in [0.15, 0.2) is 6.10 Å². The number of aromatic nitrogens is 2. The van der Waals surface area contributed by atoms with Crippen LogP contribution in [0.3, 0.4) is 0 Å². The number of morpholine rings is 1. The molecule has 4 aliphatic heterocycles. The number of ether oxygens (including phenoxy) is 4. The number of benzene rings is 1. The smallest absolute Gasteiger partial charge is 0.247 e. The predicted octanol–water partition coefficient (Wildman–Crippen LogP) is 1.88. The largest absolute Gasteiger partial charge is 0.468 e. The van der Waals surface area contributed by atoms with Gasteiger partial charge < -0.3 is 39.6 Å². The second-order valence-electron chi connectivity index (χ2n) is 9.21. The Hall–Kier alpha value is -2.96. The molecule has 5 heterocycles. The van der Waals surface area contributed by atoms with E-state index in [0.717, 1.165) is 18.7 Å². The molecule has 1 aromatic carbocycles. The molecule has 190 valence electrons. The molecule has 6 rings (SSSR count). The standard InChI is InChI=1S/C24H26ClN5O6/c1-2-20(32)28-16-5-12(3-4-17(16)30-8-14-6-13(30)9-33-14)27-24-26-7-15(25)23(29-24)36-19-11-35-21-18(31)10-34-22(19)21/h2-5,7,13-14,18-19,21-22,31H,1,6,8-11H2,(H,28,32)(H,26,27,29)/t13-,14-,18+,19+,21+,22+/m0/s1. The molecule has 0 saturated carbocycles. The molecule has 2 bridgehead atoms. The van der Waals surface area contributed by atoms with E-state index in [4.69, 9.17) is 30.5 Å². The van der Waals surface area contributed by atoms with Gasteiger partial charge in [0.1, 0.15) is 23.3 Å². The van der Waals surface area contributed by atoms with Crippen molar-refractivity contribution in [3.8, 4) is 5.88 Å². The third kappa shape index (κ3) is 4.37. The van der Waals surface area contributed by atoms with E-state index in [1.165, 1.54) is 12.3 Å². The van der Waals surface area contributed by atoms with Crippen LogP contribution < -0.4 is 20.3 Å². The second kappa shape index (κ2) is 9.49. The minimum atomic E-state index is -0.677. The van der Waals surface area contributed by atoms with Crippen LogP contribution >= 0.6 is 11.6 Å². The van der Waals surface area contributed by atoms with E-state index in [0.29, 0.717) is 18.0 Å². The van der Waals surface area contributed by atoms with Gasteiger partial charge in [-0.2, -0.15) is 4.98 Å². The molecular weight excluding hydrogens is 490 g/mol. The quantitative estimate of drug-likeness (QED) is 0.470. The summed E-state index contributed by atoms with van der Waals surface area (Å²) >= 11 is 6.29. The number of aliphatic hydroxyl groups is 1. The first-order valence-corrected chi connectivity index (χ1v) is 12.2. The number of nitrogens with one attached hydrogen (secondary N) is 2. The average molecular weight is 516 g/mol. The van der Waals surface area contributed by atoms with Crippen molar-refractivity contribution in [2.75, 3.05) is 41.9 Å². The first kappa shape index (κ1) is 23.4. The Morgan fingerprint density at radius 1 is 1.25 bits per heavy atom. The maximum absolute atomic E-state index is 12.1. The van der Waals surface area contributed by atoms with Gasteiger partial charge in [-0.3, -0.25) is 4.79 Å². The van der Waals surface area contributed by atoms with Crippen molar-refractivity contribution < 1.29 is 28.8 Å². The Bertz CT molecular complexity index is 1180. The van der Waals surface area contributed by atoms with E-state index in [2.05, 4.69) is 32.1 Å². The number of rotatable bonds is 7. The first-order chi connectivity index (χ1) is 17.5. The van der Waals surface area contributed by atoms with Crippen LogP contribution in [0.25, 0.3) is 0 Å². The maximum Gasteiger partial charge on any atom is 0.247 e. The molecule has 3 N–H and O–H groups in total. The summed E-state index contributed by atoms with van der Waals surface area (Å²) in [5, 5.41) is 16.2. The van der Waals surface area contributed by atoms with Crippen LogP contribution in [0.4, 0.5) is 23.0 Å². The molecule has 0 aliphatic carbocycles. The summed E-state index contributed by atoms with van der Waals surface area (Å²) in [6, 6.07) is 5.96. The zero-order valence-electron chi connectivity index (χ0n) is 19.3. The number of nitrogens with zero attached hydrogens (tertiary/aromatic N) is 3. The second-order valence-corrected chi connectivity index (χ2v) is 9.62.